The molecule has 1 fully saturated rings. The number of nitrogens with two attached hydrogens (primary N) is 1. The molecule has 1 aliphatic rings. The predicted molar refractivity (Wildman–Crippen MR) is 100 cm³/mol. The van der Waals surface area contributed by atoms with E-state index in [1.54, 1.807) is 35.2 Å². The minimum Gasteiger partial charge on any atom is -0.452 e. The molecule has 1 heterocycles. The molecule has 3 N–H and O–H groups in total. The van der Waals surface area contributed by atoms with Gasteiger partial charge in [0.25, 0.3) is 0 Å². The van der Waals surface area contributed by atoms with Crippen LogP contribution in [0.25, 0.3) is 0 Å². The molecule has 140 valence electrons. The molecule has 7 heteroatoms. The number of ether oxygens (including phenoxy) is 1. The van der Waals surface area contributed by atoms with Crippen LogP contribution in [-0.2, 0) is 11.2 Å². The highest BCUT2D eigenvalue weighted by Crippen LogP contribution is 2.31. The molecule has 0 bridgehead atoms. The molecule has 0 spiro atoms. The molecule has 1 aliphatic heterocycles. The van der Waals surface area contributed by atoms with Gasteiger partial charge in [-0.3, -0.25) is 4.79 Å². The molecule has 0 saturated carbocycles. The van der Waals surface area contributed by atoms with Crippen LogP contribution in [0, 0.1) is 5.82 Å². The summed E-state index contributed by atoms with van der Waals surface area (Å²) in [5.41, 5.74) is 7.10. The number of amides is 1. The second-order valence-electron chi connectivity index (χ2n) is 6.15. The maximum atomic E-state index is 13.7. The smallest absolute Gasteiger partial charge is 0.227 e. The third-order valence-electron chi connectivity index (χ3n) is 4.37. The first-order chi connectivity index (χ1) is 12.0. The number of hydrogen-bond acceptors (Lipinski definition) is 4. The van der Waals surface area contributed by atoms with Gasteiger partial charge in [-0.2, -0.15) is 0 Å². The van der Waals surface area contributed by atoms with E-state index >= 15 is 0 Å². The van der Waals surface area contributed by atoms with Crippen LogP contribution in [0.1, 0.15) is 18.4 Å². The Bertz CT molecular complexity index is 764. The van der Waals surface area contributed by atoms with Gasteiger partial charge in [-0.25, -0.2) is 4.39 Å². The Labute approximate surface area is 158 Å². The van der Waals surface area contributed by atoms with Crippen molar-refractivity contribution in [2.24, 2.45) is 0 Å². The molecule has 0 radical (unpaired) electrons. The fourth-order valence-electron chi connectivity index (χ4n) is 2.87. The van der Waals surface area contributed by atoms with Gasteiger partial charge in [0, 0.05) is 13.1 Å². The molecule has 0 aliphatic carbocycles. The monoisotopic (exact) mass is 380 g/mol. The van der Waals surface area contributed by atoms with Gasteiger partial charge in [0.05, 0.1) is 18.2 Å². The predicted octanol–water partition coefficient (Wildman–Crippen LogP) is 3.15. The summed E-state index contributed by atoms with van der Waals surface area (Å²) < 4.78 is 19.3. The van der Waals surface area contributed by atoms with Crippen LogP contribution < -0.4 is 10.5 Å². The summed E-state index contributed by atoms with van der Waals surface area (Å²) in [4.78, 5) is 14.2. The number of para-hydroxylation sites is 2. The minimum absolute atomic E-state index is 0. The summed E-state index contributed by atoms with van der Waals surface area (Å²) in [7, 11) is 0. The first-order valence-corrected chi connectivity index (χ1v) is 8.30. The number of carbonyl (C=O) groups is 1. The number of likely N-dealkylation sites (tertiary alicyclic amines) is 1. The maximum absolute atomic E-state index is 13.7. The van der Waals surface area contributed by atoms with E-state index in [-0.39, 0.29) is 36.6 Å². The summed E-state index contributed by atoms with van der Waals surface area (Å²) in [5.74, 6) is -0.107. The number of aliphatic hydroxyl groups is 1. The number of aliphatic hydroxyl groups excluding tert-OH is 1. The molecule has 2 aromatic carbocycles. The fraction of sp³-hybridized carbons (Fsp3) is 0.316. The van der Waals surface area contributed by atoms with Crippen molar-refractivity contribution >= 4 is 24.0 Å². The molecular weight excluding hydrogens is 359 g/mol. The van der Waals surface area contributed by atoms with Gasteiger partial charge < -0.3 is 20.5 Å². The van der Waals surface area contributed by atoms with Crippen LogP contribution in [0.4, 0.5) is 10.1 Å². The molecule has 0 unspecified atom stereocenters. The van der Waals surface area contributed by atoms with Gasteiger partial charge in [0.15, 0.2) is 17.3 Å². The molecule has 1 amide bonds. The molecule has 1 saturated heterocycles. The highest BCUT2D eigenvalue weighted by atomic mass is 35.5. The molecule has 2 aromatic rings. The van der Waals surface area contributed by atoms with Crippen molar-refractivity contribution in [3.8, 4) is 11.5 Å². The van der Waals surface area contributed by atoms with Gasteiger partial charge in [0.2, 0.25) is 5.91 Å². The average molecular weight is 381 g/mol. The van der Waals surface area contributed by atoms with Crippen LogP contribution in [0.5, 0.6) is 11.5 Å². The van der Waals surface area contributed by atoms with Crippen molar-refractivity contribution < 1.29 is 19.0 Å². The van der Waals surface area contributed by atoms with Gasteiger partial charge in [-0.15, -0.1) is 12.4 Å². The second-order valence-corrected chi connectivity index (χ2v) is 6.15. The Hall–Kier alpha value is -2.31. The highest BCUT2D eigenvalue weighted by molar-refractivity contribution is 5.85. The molecule has 5 nitrogen and oxygen atoms in total. The molecular formula is C19H22ClFN2O3. The van der Waals surface area contributed by atoms with Gasteiger partial charge >= 0.3 is 0 Å². The number of nitrogen functional groups attached to an aromatic ring is 1. The lowest BCUT2D eigenvalue weighted by Crippen LogP contribution is -2.40. The van der Waals surface area contributed by atoms with Crippen LogP contribution in [0.2, 0.25) is 0 Å². The van der Waals surface area contributed by atoms with E-state index in [1.807, 2.05) is 0 Å². The number of hydrogen-bond donors (Lipinski definition) is 2. The number of rotatable bonds is 4. The normalized spacial score (nSPS) is 14.6. The first kappa shape index (κ1) is 20.0. The van der Waals surface area contributed by atoms with E-state index in [0.29, 0.717) is 42.9 Å². The molecule has 26 heavy (non-hydrogen) atoms. The topological polar surface area (TPSA) is 75.8 Å². The molecule has 0 atom stereocenters. The lowest BCUT2D eigenvalue weighted by atomic mass is 10.0. The summed E-state index contributed by atoms with van der Waals surface area (Å²) >= 11 is 0. The number of piperidine rings is 1. The number of anilines is 1. The average Bonchev–Trinajstić information content (AvgIpc) is 2.61. The summed E-state index contributed by atoms with van der Waals surface area (Å²) in [5, 5.41) is 9.54. The van der Waals surface area contributed by atoms with E-state index in [9.17, 15) is 14.3 Å². The fourth-order valence-corrected chi connectivity index (χ4v) is 2.87. The lowest BCUT2D eigenvalue weighted by molar-refractivity contribution is -0.132. The Kier molecular flexibility index (Phi) is 6.83. The maximum Gasteiger partial charge on any atom is 0.227 e. The van der Waals surface area contributed by atoms with Crippen LogP contribution in [0.15, 0.2) is 42.5 Å². The van der Waals surface area contributed by atoms with Gasteiger partial charge in [-0.1, -0.05) is 24.3 Å². The number of benzene rings is 2. The van der Waals surface area contributed by atoms with Crippen molar-refractivity contribution in [3.05, 3.63) is 53.8 Å². The van der Waals surface area contributed by atoms with E-state index in [4.69, 9.17) is 10.5 Å². The van der Waals surface area contributed by atoms with Gasteiger partial charge in [-0.05, 0) is 36.6 Å². The van der Waals surface area contributed by atoms with Crippen molar-refractivity contribution in [1.82, 2.24) is 4.90 Å². The van der Waals surface area contributed by atoms with Crippen molar-refractivity contribution in [1.29, 1.82) is 0 Å². The summed E-state index contributed by atoms with van der Waals surface area (Å²) in [6, 6.07) is 11.2. The first-order valence-electron chi connectivity index (χ1n) is 8.30. The zero-order chi connectivity index (χ0) is 17.8. The Morgan fingerprint density at radius 2 is 1.81 bits per heavy atom. The van der Waals surface area contributed by atoms with E-state index in [2.05, 4.69) is 0 Å². The standard InChI is InChI=1S/C19H21FN2O3.ClH/c20-15-5-1-2-6-16(15)25-17-7-3-4-13(19(17)21)12-18(24)22-10-8-14(23)9-11-22;/h1-7,14,23H,8-12,21H2;1H. The van der Waals surface area contributed by atoms with E-state index in [1.165, 1.54) is 12.1 Å². The Balaban J connectivity index is 0.00000243. The number of nitrogens with zero attached hydrogens (tertiary/aromatic N) is 1. The molecule has 3 rings (SSSR count). The van der Waals surface area contributed by atoms with Crippen molar-refractivity contribution in [2.75, 3.05) is 18.8 Å². The third-order valence-corrected chi connectivity index (χ3v) is 4.37. The van der Waals surface area contributed by atoms with Crippen molar-refractivity contribution in [2.45, 2.75) is 25.4 Å². The molecule has 0 aromatic heterocycles. The lowest BCUT2D eigenvalue weighted by Gasteiger charge is -2.29. The summed E-state index contributed by atoms with van der Waals surface area (Å²) in [6.07, 6.45) is 1.01. The summed E-state index contributed by atoms with van der Waals surface area (Å²) in [6.45, 7) is 1.09. The Morgan fingerprint density at radius 1 is 1.15 bits per heavy atom. The quantitative estimate of drug-likeness (QED) is 0.799. The Morgan fingerprint density at radius 3 is 2.50 bits per heavy atom. The van der Waals surface area contributed by atoms with Crippen LogP contribution in [-0.4, -0.2) is 35.1 Å². The third kappa shape index (κ3) is 4.65. The van der Waals surface area contributed by atoms with Crippen LogP contribution >= 0.6 is 12.4 Å². The number of halogens is 2. The zero-order valence-electron chi connectivity index (χ0n) is 14.2. The van der Waals surface area contributed by atoms with E-state index in [0.717, 1.165) is 0 Å². The van der Waals surface area contributed by atoms with Crippen molar-refractivity contribution in [3.63, 3.8) is 0 Å². The minimum atomic E-state index is -0.477. The number of carbonyl (C=O) groups excluding carboxylic acids is 1. The van der Waals surface area contributed by atoms with Gasteiger partial charge in [0.1, 0.15) is 0 Å². The highest BCUT2D eigenvalue weighted by Gasteiger charge is 2.22. The second kappa shape index (κ2) is 8.87. The van der Waals surface area contributed by atoms with E-state index < -0.39 is 5.82 Å². The zero-order valence-corrected chi connectivity index (χ0v) is 15.0. The SMILES string of the molecule is Cl.Nc1c(CC(=O)N2CCC(O)CC2)cccc1Oc1ccccc1F. The van der Waals surface area contributed by atoms with Crippen LogP contribution in [0.3, 0.4) is 0 Å². The largest absolute Gasteiger partial charge is 0.452 e.